The molecule has 0 aliphatic rings. The van der Waals surface area contributed by atoms with Gasteiger partial charge in [0.25, 0.3) is 0 Å². The van der Waals surface area contributed by atoms with Gasteiger partial charge in [-0.1, -0.05) is 6.07 Å². The first-order valence-electron chi connectivity index (χ1n) is 5.93. The van der Waals surface area contributed by atoms with Gasteiger partial charge < -0.3 is 10.1 Å². The van der Waals surface area contributed by atoms with E-state index in [1.165, 1.54) is 6.07 Å². The predicted octanol–water partition coefficient (Wildman–Crippen LogP) is 2.40. The molecule has 1 rings (SSSR count). The standard InChI is InChI=1S/C13H17F2NO2/c1-2-18-13(17)4-3-7-16-9-10-5-6-11(14)12(15)8-10/h5-6,8,16H,2-4,7,9H2,1H3. The Morgan fingerprint density at radius 3 is 2.78 bits per heavy atom. The quantitative estimate of drug-likeness (QED) is 0.602. The largest absolute Gasteiger partial charge is 0.466 e. The summed E-state index contributed by atoms with van der Waals surface area (Å²) in [6, 6.07) is 3.79. The summed E-state index contributed by atoms with van der Waals surface area (Å²) in [6.07, 6.45) is 1.02. The van der Waals surface area contributed by atoms with Crippen LogP contribution in [-0.2, 0) is 16.1 Å². The van der Waals surface area contributed by atoms with E-state index in [2.05, 4.69) is 5.32 Å². The van der Waals surface area contributed by atoms with Crippen molar-refractivity contribution in [1.82, 2.24) is 5.32 Å². The number of hydrogen-bond donors (Lipinski definition) is 1. The molecule has 0 amide bonds. The first-order valence-corrected chi connectivity index (χ1v) is 5.93. The first-order chi connectivity index (χ1) is 8.63. The molecule has 0 aromatic heterocycles. The third-order valence-corrected chi connectivity index (χ3v) is 2.35. The van der Waals surface area contributed by atoms with E-state index in [9.17, 15) is 13.6 Å². The topological polar surface area (TPSA) is 38.3 Å². The number of benzene rings is 1. The minimum absolute atomic E-state index is 0.216. The number of halogens is 2. The Morgan fingerprint density at radius 1 is 1.33 bits per heavy atom. The van der Waals surface area contributed by atoms with Crippen LogP contribution in [0.15, 0.2) is 18.2 Å². The molecule has 0 radical (unpaired) electrons. The second-order valence-electron chi connectivity index (χ2n) is 3.83. The number of hydrogen-bond acceptors (Lipinski definition) is 3. The van der Waals surface area contributed by atoms with E-state index in [-0.39, 0.29) is 5.97 Å². The summed E-state index contributed by atoms with van der Waals surface area (Å²) in [7, 11) is 0. The van der Waals surface area contributed by atoms with Gasteiger partial charge in [0.2, 0.25) is 0 Å². The van der Waals surface area contributed by atoms with Crippen molar-refractivity contribution in [3.8, 4) is 0 Å². The van der Waals surface area contributed by atoms with Gasteiger partial charge in [-0.2, -0.15) is 0 Å². The third kappa shape index (κ3) is 5.23. The van der Waals surface area contributed by atoms with Gasteiger partial charge in [0, 0.05) is 13.0 Å². The molecule has 5 heteroatoms. The highest BCUT2D eigenvalue weighted by molar-refractivity contribution is 5.69. The Kier molecular flexibility index (Phi) is 6.28. The molecule has 3 nitrogen and oxygen atoms in total. The summed E-state index contributed by atoms with van der Waals surface area (Å²) in [5.74, 6) is -1.91. The molecule has 0 heterocycles. The summed E-state index contributed by atoms with van der Waals surface area (Å²) in [4.78, 5) is 11.0. The van der Waals surface area contributed by atoms with Crippen LogP contribution in [0.25, 0.3) is 0 Å². The minimum Gasteiger partial charge on any atom is -0.466 e. The highest BCUT2D eigenvalue weighted by Gasteiger charge is 2.03. The van der Waals surface area contributed by atoms with Crippen molar-refractivity contribution in [3.05, 3.63) is 35.4 Å². The van der Waals surface area contributed by atoms with E-state index < -0.39 is 11.6 Å². The number of nitrogens with one attached hydrogen (secondary N) is 1. The smallest absolute Gasteiger partial charge is 0.305 e. The molecule has 0 saturated heterocycles. The molecule has 1 aromatic carbocycles. The molecular formula is C13H17F2NO2. The second-order valence-corrected chi connectivity index (χ2v) is 3.83. The maximum absolute atomic E-state index is 12.9. The van der Waals surface area contributed by atoms with E-state index in [4.69, 9.17) is 4.74 Å². The average molecular weight is 257 g/mol. The molecule has 0 aliphatic carbocycles. The van der Waals surface area contributed by atoms with Gasteiger partial charge in [-0.25, -0.2) is 8.78 Å². The van der Waals surface area contributed by atoms with Crippen molar-refractivity contribution in [2.24, 2.45) is 0 Å². The van der Waals surface area contributed by atoms with Crippen molar-refractivity contribution in [1.29, 1.82) is 0 Å². The zero-order chi connectivity index (χ0) is 13.4. The molecule has 0 aliphatic heterocycles. The van der Waals surface area contributed by atoms with E-state index >= 15 is 0 Å². The van der Waals surface area contributed by atoms with E-state index in [0.29, 0.717) is 38.1 Å². The lowest BCUT2D eigenvalue weighted by Gasteiger charge is -2.05. The van der Waals surface area contributed by atoms with Gasteiger partial charge >= 0.3 is 5.97 Å². The Morgan fingerprint density at radius 2 is 2.11 bits per heavy atom. The Labute approximate surface area is 105 Å². The molecule has 100 valence electrons. The van der Waals surface area contributed by atoms with Crippen LogP contribution in [0.5, 0.6) is 0 Å². The van der Waals surface area contributed by atoms with Gasteiger partial charge in [0.15, 0.2) is 11.6 Å². The van der Waals surface area contributed by atoms with Crippen LogP contribution in [0.2, 0.25) is 0 Å². The molecule has 0 spiro atoms. The van der Waals surface area contributed by atoms with Crippen molar-refractivity contribution < 1.29 is 18.3 Å². The molecule has 1 aromatic rings. The van der Waals surface area contributed by atoms with Crippen LogP contribution in [0.1, 0.15) is 25.3 Å². The zero-order valence-corrected chi connectivity index (χ0v) is 10.3. The van der Waals surface area contributed by atoms with Crippen molar-refractivity contribution in [3.63, 3.8) is 0 Å². The lowest BCUT2D eigenvalue weighted by Crippen LogP contribution is -2.16. The van der Waals surface area contributed by atoms with Crippen LogP contribution >= 0.6 is 0 Å². The number of ether oxygens (including phenoxy) is 1. The van der Waals surface area contributed by atoms with Crippen LogP contribution in [0.4, 0.5) is 8.78 Å². The fourth-order valence-corrected chi connectivity index (χ4v) is 1.47. The molecule has 0 bridgehead atoms. The van der Waals surface area contributed by atoms with Gasteiger partial charge in [0.1, 0.15) is 0 Å². The zero-order valence-electron chi connectivity index (χ0n) is 10.3. The second kappa shape index (κ2) is 7.76. The van der Waals surface area contributed by atoms with Crippen LogP contribution < -0.4 is 5.32 Å². The minimum atomic E-state index is -0.846. The summed E-state index contributed by atoms with van der Waals surface area (Å²) in [5, 5.41) is 3.05. The number of rotatable bonds is 7. The maximum atomic E-state index is 12.9. The number of carbonyl (C=O) groups excluding carboxylic acids is 1. The number of carbonyl (C=O) groups is 1. The molecule has 1 N–H and O–H groups in total. The fourth-order valence-electron chi connectivity index (χ4n) is 1.47. The van der Waals surface area contributed by atoms with Crippen molar-refractivity contribution in [2.45, 2.75) is 26.3 Å². The SMILES string of the molecule is CCOC(=O)CCCNCc1ccc(F)c(F)c1. The molecule has 0 fully saturated rings. The monoisotopic (exact) mass is 257 g/mol. The fraction of sp³-hybridized carbons (Fsp3) is 0.462. The normalized spacial score (nSPS) is 10.4. The molecular weight excluding hydrogens is 240 g/mol. The van der Waals surface area contributed by atoms with E-state index in [0.717, 1.165) is 12.1 Å². The lowest BCUT2D eigenvalue weighted by molar-refractivity contribution is -0.143. The van der Waals surface area contributed by atoms with Crippen LogP contribution in [0, 0.1) is 11.6 Å². The number of esters is 1. The van der Waals surface area contributed by atoms with E-state index in [1.807, 2.05) is 0 Å². The molecule has 0 atom stereocenters. The third-order valence-electron chi connectivity index (χ3n) is 2.35. The highest BCUT2D eigenvalue weighted by Crippen LogP contribution is 2.08. The average Bonchev–Trinajstić information content (AvgIpc) is 2.33. The van der Waals surface area contributed by atoms with Gasteiger partial charge in [-0.3, -0.25) is 4.79 Å². The van der Waals surface area contributed by atoms with Crippen molar-refractivity contribution in [2.75, 3.05) is 13.2 Å². The summed E-state index contributed by atoms with van der Waals surface area (Å²) in [5.41, 5.74) is 0.671. The summed E-state index contributed by atoms with van der Waals surface area (Å²) >= 11 is 0. The predicted molar refractivity (Wildman–Crippen MR) is 63.9 cm³/mol. The highest BCUT2D eigenvalue weighted by atomic mass is 19.2. The molecule has 18 heavy (non-hydrogen) atoms. The Hall–Kier alpha value is -1.49. The van der Waals surface area contributed by atoms with E-state index in [1.54, 1.807) is 6.92 Å². The molecule has 0 unspecified atom stereocenters. The molecule has 0 saturated carbocycles. The van der Waals surface area contributed by atoms with Crippen LogP contribution in [0.3, 0.4) is 0 Å². The Balaban J connectivity index is 2.18. The first kappa shape index (κ1) is 14.6. The maximum Gasteiger partial charge on any atom is 0.305 e. The van der Waals surface area contributed by atoms with Gasteiger partial charge in [-0.05, 0) is 37.6 Å². The van der Waals surface area contributed by atoms with Crippen LogP contribution in [-0.4, -0.2) is 19.1 Å². The van der Waals surface area contributed by atoms with Crippen molar-refractivity contribution >= 4 is 5.97 Å². The van der Waals surface area contributed by atoms with Gasteiger partial charge in [-0.15, -0.1) is 0 Å². The lowest BCUT2D eigenvalue weighted by atomic mass is 10.2. The van der Waals surface area contributed by atoms with Gasteiger partial charge in [0.05, 0.1) is 6.61 Å². The summed E-state index contributed by atoms with van der Waals surface area (Å²) in [6.45, 7) is 3.22. The summed E-state index contributed by atoms with van der Waals surface area (Å²) < 4.78 is 30.3. The Bertz CT molecular complexity index is 397.